The molecule has 216 valence electrons. The zero-order valence-electron chi connectivity index (χ0n) is 23.4. The van der Waals surface area contributed by atoms with Gasteiger partial charge in [0.25, 0.3) is 0 Å². The Bertz CT molecular complexity index is 1400. The van der Waals surface area contributed by atoms with E-state index in [9.17, 15) is 19.5 Å². The Labute approximate surface area is 244 Å². The molecule has 2 amide bonds. The first-order valence-electron chi connectivity index (χ1n) is 14.0. The van der Waals surface area contributed by atoms with Crippen LogP contribution in [0.2, 0.25) is 0 Å². The summed E-state index contributed by atoms with van der Waals surface area (Å²) in [6, 6.07) is 14.0. The van der Waals surface area contributed by atoms with Crippen molar-refractivity contribution >= 4 is 40.5 Å². The number of esters is 1. The summed E-state index contributed by atoms with van der Waals surface area (Å²) in [6.07, 6.45) is 3.14. The number of rotatable bonds is 10. The quantitative estimate of drug-likeness (QED) is 0.249. The van der Waals surface area contributed by atoms with Crippen LogP contribution in [-0.4, -0.2) is 76.1 Å². The molecule has 5 rings (SSSR count). The molecule has 0 aromatic heterocycles. The van der Waals surface area contributed by atoms with Gasteiger partial charge in [-0.3, -0.25) is 4.79 Å². The highest BCUT2D eigenvalue weighted by Crippen LogP contribution is 2.52. The summed E-state index contributed by atoms with van der Waals surface area (Å²) in [4.78, 5) is 43.4. The standard InChI is InChI=1S/C32H36N2O6S/c1-5-14-39-31(37)28-29(19(3)27-26(20(4)35)30(36)34(27)28)41-24-17-23(33(18-24)32(38)40-15-6-2)16-22-12-9-11-21-10-7-8-13-25(21)22/h5-13,19-20,23-24,26-27,35H,1-2,14-18H2,3-4H3/t19-,20-,23-,24+,26-,27-/m1/s1. The van der Waals surface area contributed by atoms with Gasteiger partial charge in [-0.2, -0.15) is 0 Å². The number of carbonyl (C=O) groups excluding carboxylic acids is 3. The van der Waals surface area contributed by atoms with Gasteiger partial charge in [-0.1, -0.05) is 74.7 Å². The molecule has 2 fully saturated rings. The molecule has 41 heavy (non-hydrogen) atoms. The van der Waals surface area contributed by atoms with Gasteiger partial charge in [0.05, 0.1) is 18.1 Å². The van der Waals surface area contributed by atoms with Crippen molar-refractivity contribution < 1.29 is 29.0 Å². The molecule has 1 N–H and O–H groups in total. The minimum Gasteiger partial charge on any atom is -0.457 e. The smallest absolute Gasteiger partial charge is 0.410 e. The lowest BCUT2D eigenvalue weighted by atomic mass is 9.79. The Balaban J connectivity index is 1.43. The van der Waals surface area contributed by atoms with Gasteiger partial charge in [0.15, 0.2) is 0 Å². The van der Waals surface area contributed by atoms with Crippen LogP contribution in [0.15, 0.2) is 78.4 Å². The number of carbonyl (C=O) groups is 3. The summed E-state index contributed by atoms with van der Waals surface area (Å²) < 4.78 is 10.8. The van der Waals surface area contributed by atoms with E-state index < -0.39 is 24.1 Å². The minimum absolute atomic E-state index is 0.0284. The van der Waals surface area contributed by atoms with Gasteiger partial charge in [0.1, 0.15) is 18.9 Å². The lowest BCUT2D eigenvalue weighted by Crippen LogP contribution is -2.63. The molecule has 9 heteroatoms. The molecule has 0 spiro atoms. The van der Waals surface area contributed by atoms with E-state index in [4.69, 9.17) is 9.47 Å². The van der Waals surface area contributed by atoms with Crippen LogP contribution < -0.4 is 0 Å². The second-order valence-electron chi connectivity index (χ2n) is 10.8. The Kier molecular flexibility index (Phi) is 8.56. The van der Waals surface area contributed by atoms with Crippen LogP contribution in [0.4, 0.5) is 4.79 Å². The number of thioether (sulfide) groups is 1. The molecule has 0 saturated carbocycles. The van der Waals surface area contributed by atoms with E-state index in [0.29, 0.717) is 19.4 Å². The van der Waals surface area contributed by atoms with Gasteiger partial charge in [-0.05, 0) is 36.1 Å². The monoisotopic (exact) mass is 576 g/mol. The van der Waals surface area contributed by atoms with E-state index in [-0.39, 0.29) is 48.1 Å². The van der Waals surface area contributed by atoms with Crippen molar-refractivity contribution in [3.8, 4) is 0 Å². The molecule has 0 aliphatic carbocycles. The summed E-state index contributed by atoms with van der Waals surface area (Å²) in [6.45, 7) is 11.4. The fourth-order valence-electron chi connectivity index (χ4n) is 6.37. The highest BCUT2D eigenvalue weighted by molar-refractivity contribution is 8.03. The molecule has 0 bridgehead atoms. The zero-order chi connectivity index (χ0) is 29.3. The topological polar surface area (TPSA) is 96.4 Å². The number of likely N-dealkylation sites (tertiary alicyclic amines) is 1. The van der Waals surface area contributed by atoms with Crippen molar-refractivity contribution in [1.29, 1.82) is 0 Å². The highest BCUT2D eigenvalue weighted by atomic mass is 32.2. The number of fused-ring (bicyclic) bond motifs is 2. The molecular formula is C32H36N2O6S. The third-order valence-electron chi connectivity index (χ3n) is 8.20. The number of benzene rings is 2. The van der Waals surface area contributed by atoms with Crippen LogP contribution in [-0.2, 0) is 25.5 Å². The molecule has 3 heterocycles. The summed E-state index contributed by atoms with van der Waals surface area (Å²) in [5.74, 6) is -1.58. The van der Waals surface area contributed by atoms with Crippen molar-refractivity contribution in [3.63, 3.8) is 0 Å². The van der Waals surface area contributed by atoms with E-state index in [2.05, 4.69) is 37.4 Å². The molecule has 3 aliphatic heterocycles. The lowest BCUT2D eigenvalue weighted by Gasteiger charge is -2.46. The van der Waals surface area contributed by atoms with Gasteiger partial charge in [0.2, 0.25) is 5.91 Å². The molecule has 6 atom stereocenters. The van der Waals surface area contributed by atoms with Crippen molar-refractivity contribution in [2.24, 2.45) is 11.8 Å². The molecule has 8 nitrogen and oxygen atoms in total. The van der Waals surface area contributed by atoms with Crippen molar-refractivity contribution in [3.05, 3.63) is 83.9 Å². The fourth-order valence-corrected chi connectivity index (χ4v) is 7.93. The number of amides is 2. The molecule has 2 aromatic rings. The number of hydrogen-bond donors (Lipinski definition) is 1. The summed E-state index contributed by atoms with van der Waals surface area (Å²) >= 11 is 1.53. The third-order valence-corrected chi connectivity index (χ3v) is 9.69. The first-order chi connectivity index (χ1) is 19.8. The number of nitrogens with zero attached hydrogens (tertiary/aromatic N) is 2. The molecule has 0 radical (unpaired) electrons. The number of β-lactam (4-membered cyclic amide) rings is 1. The van der Waals surface area contributed by atoms with E-state index in [1.165, 1.54) is 22.7 Å². The predicted molar refractivity (Wildman–Crippen MR) is 159 cm³/mol. The number of aliphatic hydroxyl groups is 1. The average Bonchev–Trinajstić information content (AvgIpc) is 3.46. The van der Waals surface area contributed by atoms with Crippen molar-refractivity contribution in [2.75, 3.05) is 19.8 Å². The molecule has 3 aliphatic rings. The second kappa shape index (κ2) is 12.1. The second-order valence-corrected chi connectivity index (χ2v) is 12.2. The van der Waals surface area contributed by atoms with Gasteiger partial charge in [-0.25, -0.2) is 9.59 Å². The van der Waals surface area contributed by atoms with E-state index in [0.717, 1.165) is 21.2 Å². The molecule has 2 saturated heterocycles. The Morgan fingerprint density at radius 3 is 2.56 bits per heavy atom. The summed E-state index contributed by atoms with van der Waals surface area (Å²) in [5.41, 5.74) is 1.39. The van der Waals surface area contributed by atoms with Gasteiger partial charge in [0, 0.05) is 28.7 Å². The third kappa shape index (κ3) is 5.40. The maximum atomic E-state index is 13.2. The van der Waals surface area contributed by atoms with Crippen molar-refractivity contribution in [1.82, 2.24) is 9.80 Å². The zero-order valence-corrected chi connectivity index (χ0v) is 24.2. The first kappa shape index (κ1) is 29.0. The highest BCUT2D eigenvalue weighted by Gasteiger charge is 2.60. The normalized spacial score (nSPS) is 26.0. The minimum atomic E-state index is -0.826. The maximum absolute atomic E-state index is 13.2. The van der Waals surface area contributed by atoms with Crippen LogP contribution in [0.25, 0.3) is 10.8 Å². The van der Waals surface area contributed by atoms with Crippen molar-refractivity contribution in [2.45, 2.75) is 50.1 Å². The summed E-state index contributed by atoms with van der Waals surface area (Å²) in [5, 5.41) is 12.5. The molecular weight excluding hydrogens is 540 g/mol. The van der Waals surface area contributed by atoms with Crippen LogP contribution in [0.1, 0.15) is 25.8 Å². The number of ether oxygens (including phenoxy) is 2. The number of aliphatic hydroxyl groups excluding tert-OH is 1. The van der Waals surface area contributed by atoms with Crippen LogP contribution in [0.3, 0.4) is 0 Å². The van der Waals surface area contributed by atoms with Gasteiger partial charge >= 0.3 is 12.1 Å². The van der Waals surface area contributed by atoms with E-state index >= 15 is 0 Å². The average molecular weight is 577 g/mol. The van der Waals surface area contributed by atoms with Crippen LogP contribution in [0.5, 0.6) is 0 Å². The molecule has 2 aromatic carbocycles. The van der Waals surface area contributed by atoms with E-state index in [1.54, 1.807) is 17.9 Å². The first-order valence-corrected chi connectivity index (χ1v) is 14.9. The van der Waals surface area contributed by atoms with E-state index in [1.807, 2.05) is 25.1 Å². The molecule has 0 unspecified atom stereocenters. The van der Waals surface area contributed by atoms with Crippen LogP contribution in [0, 0.1) is 11.8 Å². The SMILES string of the molecule is C=CCOC(=O)C1=C(S[C@H]2C[C@@H](Cc3cccc4ccccc34)N(C(=O)OCC=C)C2)[C@H](C)[C@@H]2[C@@H]([C@@H](C)O)C(=O)N12. The van der Waals surface area contributed by atoms with Crippen LogP contribution >= 0.6 is 11.8 Å². The lowest BCUT2D eigenvalue weighted by molar-refractivity contribution is -0.164. The predicted octanol–water partition coefficient (Wildman–Crippen LogP) is 4.68. The number of hydrogen-bond acceptors (Lipinski definition) is 7. The Morgan fingerprint density at radius 1 is 1.12 bits per heavy atom. The van der Waals surface area contributed by atoms with Gasteiger partial charge < -0.3 is 24.4 Å². The fraction of sp³-hybridized carbons (Fsp3) is 0.406. The largest absolute Gasteiger partial charge is 0.457 e. The Hall–Kier alpha value is -3.56. The van der Waals surface area contributed by atoms with Gasteiger partial charge in [-0.15, -0.1) is 11.8 Å². The summed E-state index contributed by atoms with van der Waals surface area (Å²) in [7, 11) is 0. The Morgan fingerprint density at radius 2 is 1.83 bits per heavy atom. The maximum Gasteiger partial charge on any atom is 0.410 e.